The number of nitrogens with zero attached hydrogens (tertiary/aromatic N) is 2. The first-order valence-corrected chi connectivity index (χ1v) is 9.03. The van der Waals surface area contributed by atoms with Gasteiger partial charge in [-0.1, -0.05) is 12.1 Å². The van der Waals surface area contributed by atoms with Crippen LogP contribution in [0.2, 0.25) is 0 Å². The summed E-state index contributed by atoms with van der Waals surface area (Å²) in [6.07, 6.45) is 1.66. The molecule has 1 amide bonds. The summed E-state index contributed by atoms with van der Waals surface area (Å²) in [6, 6.07) is 9.25. The average molecular weight is 355 g/mol. The van der Waals surface area contributed by atoms with Crippen LogP contribution in [0.1, 0.15) is 42.5 Å². The zero-order valence-electron chi connectivity index (χ0n) is 15.5. The van der Waals surface area contributed by atoms with Gasteiger partial charge in [-0.05, 0) is 56.9 Å². The first kappa shape index (κ1) is 18.2. The average Bonchev–Trinajstić information content (AvgIpc) is 3.44. The summed E-state index contributed by atoms with van der Waals surface area (Å²) in [5, 5.41) is 7.20. The Bertz CT molecular complexity index is 856. The summed E-state index contributed by atoms with van der Waals surface area (Å²) in [5.41, 5.74) is 2.88. The normalized spacial score (nSPS) is 14.7. The lowest BCUT2D eigenvalue weighted by molar-refractivity contribution is -0.127. The first-order chi connectivity index (χ1) is 12.4. The zero-order chi connectivity index (χ0) is 18.7. The number of aryl methyl sites for hydroxylation is 2. The van der Waals surface area contributed by atoms with E-state index in [0.717, 1.165) is 29.7 Å². The zero-order valence-corrected chi connectivity index (χ0v) is 15.5. The third-order valence-corrected chi connectivity index (χ3v) is 4.52. The van der Waals surface area contributed by atoms with Crippen molar-refractivity contribution in [1.82, 2.24) is 15.1 Å². The molecule has 0 aliphatic heterocycles. The van der Waals surface area contributed by atoms with Gasteiger partial charge in [-0.15, -0.1) is 0 Å². The van der Waals surface area contributed by atoms with Crippen molar-refractivity contribution in [3.8, 4) is 5.75 Å². The smallest absolute Gasteiger partial charge is 0.266 e. The van der Waals surface area contributed by atoms with Crippen LogP contribution in [0.3, 0.4) is 0 Å². The van der Waals surface area contributed by atoms with Crippen molar-refractivity contribution >= 4 is 5.91 Å². The van der Waals surface area contributed by atoms with Gasteiger partial charge in [0.2, 0.25) is 0 Å². The molecule has 0 radical (unpaired) electrons. The summed E-state index contributed by atoms with van der Waals surface area (Å²) in [4.78, 5) is 24.2. The number of benzene rings is 1. The lowest BCUT2D eigenvalue weighted by Gasteiger charge is -2.17. The molecule has 1 unspecified atom stereocenters. The van der Waals surface area contributed by atoms with Crippen LogP contribution in [0, 0.1) is 13.8 Å². The Labute approximate surface area is 153 Å². The lowest BCUT2D eigenvalue weighted by Crippen LogP contribution is -2.39. The highest BCUT2D eigenvalue weighted by molar-refractivity contribution is 5.80. The molecule has 1 aliphatic rings. The van der Waals surface area contributed by atoms with Gasteiger partial charge in [-0.3, -0.25) is 9.59 Å². The lowest BCUT2D eigenvalue weighted by atomic mass is 10.1. The highest BCUT2D eigenvalue weighted by Crippen LogP contribution is 2.38. The minimum Gasteiger partial charge on any atom is -0.481 e. The molecule has 0 bridgehead atoms. The van der Waals surface area contributed by atoms with E-state index in [4.69, 9.17) is 4.74 Å². The largest absolute Gasteiger partial charge is 0.481 e. The molecule has 1 atom stereocenters. The predicted molar refractivity (Wildman–Crippen MR) is 99.5 cm³/mol. The minimum absolute atomic E-state index is 0.150. The van der Waals surface area contributed by atoms with E-state index in [1.807, 2.05) is 32.0 Å². The van der Waals surface area contributed by atoms with Crippen molar-refractivity contribution in [1.29, 1.82) is 0 Å². The fourth-order valence-corrected chi connectivity index (χ4v) is 2.73. The van der Waals surface area contributed by atoms with E-state index in [1.54, 1.807) is 19.1 Å². The van der Waals surface area contributed by atoms with Crippen LogP contribution in [0.5, 0.6) is 5.75 Å². The molecule has 26 heavy (non-hydrogen) atoms. The molecule has 1 aliphatic carbocycles. The highest BCUT2D eigenvalue weighted by atomic mass is 16.5. The molecule has 6 heteroatoms. The van der Waals surface area contributed by atoms with Crippen LogP contribution < -0.4 is 15.6 Å². The Kier molecular flexibility index (Phi) is 5.40. The predicted octanol–water partition coefficient (Wildman–Crippen LogP) is 2.32. The van der Waals surface area contributed by atoms with E-state index in [9.17, 15) is 9.59 Å². The summed E-state index contributed by atoms with van der Waals surface area (Å²) in [7, 11) is 0. The summed E-state index contributed by atoms with van der Waals surface area (Å²) < 4.78 is 7.20. The topological polar surface area (TPSA) is 73.2 Å². The van der Waals surface area contributed by atoms with Gasteiger partial charge in [0, 0.05) is 18.5 Å². The Hall–Kier alpha value is -2.63. The van der Waals surface area contributed by atoms with Crippen LogP contribution in [-0.4, -0.2) is 28.3 Å². The van der Waals surface area contributed by atoms with Gasteiger partial charge >= 0.3 is 0 Å². The number of nitrogens with one attached hydrogen (secondary N) is 1. The molecule has 6 nitrogen and oxygen atoms in total. The number of rotatable bonds is 7. The van der Waals surface area contributed by atoms with Crippen LogP contribution in [-0.2, 0) is 11.3 Å². The molecule has 1 N–H and O–H groups in total. The Morgan fingerprint density at radius 1 is 1.31 bits per heavy atom. The second-order valence-electron chi connectivity index (χ2n) is 6.91. The number of aromatic nitrogens is 2. The van der Waals surface area contributed by atoms with Crippen molar-refractivity contribution in [3.63, 3.8) is 0 Å². The van der Waals surface area contributed by atoms with Crippen molar-refractivity contribution in [2.45, 2.75) is 52.2 Å². The first-order valence-electron chi connectivity index (χ1n) is 9.03. The number of carbonyl (C=O) groups excluding carboxylic acids is 1. The maximum absolute atomic E-state index is 12.3. The third kappa shape index (κ3) is 4.50. The molecule has 1 heterocycles. The van der Waals surface area contributed by atoms with Crippen LogP contribution in [0.15, 0.2) is 35.1 Å². The number of carbonyl (C=O) groups is 1. The Morgan fingerprint density at radius 3 is 2.81 bits per heavy atom. The fraction of sp³-hybridized carbons (Fsp3) is 0.450. The van der Waals surface area contributed by atoms with E-state index >= 15 is 0 Å². The van der Waals surface area contributed by atoms with Gasteiger partial charge < -0.3 is 10.1 Å². The van der Waals surface area contributed by atoms with Gasteiger partial charge in [0.15, 0.2) is 6.10 Å². The standard InChI is InChI=1S/C20H25N3O3/c1-13-4-5-14(2)18(12-13)26-15(3)20(25)21-10-11-23-19(24)9-8-17(22-23)16-6-7-16/h4-5,8-9,12,15-16H,6-7,10-11H2,1-3H3,(H,21,25). The molecule has 2 aromatic rings. The van der Waals surface area contributed by atoms with Crippen molar-refractivity contribution in [2.24, 2.45) is 0 Å². The van der Waals surface area contributed by atoms with Crippen molar-refractivity contribution in [3.05, 3.63) is 57.5 Å². The molecule has 0 spiro atoms. The van der Waals surface area contributed by atoms with Crippen LogP contribution in [0.25, 0.3) is 0 Å². The second-order valence-corrected chi connectivity index (χ2v) is 6.91. The van der Waals surface area contributed by atoms with Gasteiger partial charge in [0.05, 0.1) is 12.2 Å². The second kappa shape index (κ2) is 7.72. The van der Waals surface area contributed by atoms with Crippen molar-refractivity contribution < 1.29 is 9.53 Å². The maximum atomic E-state index is 12.3. The SMILES string of the molecule is Cc1ccc(C)c(OC(C)C(=O)NCCn2nc(C3CC3)ccc2=O)c1. The highest BCUT2D eigenvalue weighted by Gasteiger charge is 2.25. The van der Waals surface area contributed by atoms with Gasteiger partial charge in [-0.25, -0.2) is 4.68 Å². The quantitative estimate of drug-likeness (QED) is 0.827. The summed E-state index contributed by atoms with van der Waals surface area (Å²) in [5.74, 6) is 0.988. The molecule has 1 fully saturated rings. The van der Waals surface area contributed by atoms with Crippen LogP contribution in [0.4, 0.5) is 0 Å². The monoisotopic (exact) mass is 355 g/mol. The Balaban J connectivity index is 1.53. The van der Waals surface area contributed by atoms with Crippen LogP contribution >= 0.6 is 0 Å². The summed E-state index contributed by atoms with van der Waals surface area (Å²) >= 11 is 0. The number of hydrogen-bond donors (Lipinski definition) is 1. The maximum Gasteiger partial charge on any atom is 0.266 e. The molecular formula is C20H25N3O3. The van der Waals surface area contributed by atoms with E-state index in [0.29, 0.717) is 24.8 Å². The molecular weight excluding hydrogens is 330 g/mol. The van der Waals surface area contributed by atoms with E-state index < -0.39 is 6.10 Å². The molecule has 138 valence electrons. The van der Waals surface area contributed by atoms with Gasteiger partial charge in [-0.2, -0.15) is 5.10 Å². The molecule has 1 aromatic carbocycles. The summed E-state index contributed by atoms with van der Waals surface area (Å²) in [6.45, 7) is 6.33. The fourth-order valence-electron chi connectivity index (χ4n) is 2.73. The molecule has 1 aromatic heterocycles. The van der Waals surface area contributed by atoms with Gasteiger partial charge in [0.25, 0.3) is 11.5 Å². The third-order valence-electron chi connectivity index (χ3n) is 4.52. The van der Waals surface area contributed by atoms with Gasteiger partial charge in [0.1, 0.15) is 5.75 Å². The van der Waals surface area contributed by atoms with Crippen molar-refractivity contribution in [2.75, 3.05) is 6.54 Å². The number of amides is 1. The minimum atomic E-state index is -0.613. The molecule has 0 saturated heterocycles. The number of hydrogen-bond acceptors (Lipinski definition) is 4. The van der Waals surface area contributed by atoms with E-state index in [2.05, 4.69) is 10.4 Å². The van der Waals surface area contributed by atoms with E-state index in [-0.39, 0.29) is 11.5 Å². The molecule has 1 saturated carbocycles. The van der Waals surface area contributed by atoms with E-state index in [1.165, 1.54) is 4.68 Å². The Morgan fingerprint density at radius 2 is 2.08 bits per heavy atom. The molecule has 3 rings (SSSR count). The number of ether oxygens (including phenoxy) is 1.